The molecule has 14 heavy (non-hydrogen) atoms. The van der Waals surface area contributed by atoms with Crippen LogP contribution in [0.1, 0.15) is 22.3 Å². The summed E-state index contributed by atoms with van der Waals surface area (Å²) in [4.78, 5) is 10.7. The van der Waals surface area contributed by atoms with Gasteiger partial charge in [0, 0.05) is 23.9 Å². The van der Waals surface area contributed by atoms with Crippen LogP contribution in [0.5, 0.6) is 0 Å². The Morgan fingerprint density at radius 3 is 2.64 bits per heavy atom. The molecule has 5 heteroatoms. The molecule has 1 unspecified atom stereocenters. The third kappa shape index (κ3) is 2.00. The van der Waals surface area contributed by atoms with E-state index in [1.807, 2.05) is 0 Å². The van der Waals surface area contributed by atoms with E-state index in [2.05, 4.69) is 4.74 Å². The summed E-state index contributed by atoms with van der Waals surface area (Å²) in [7, 11) is 1.23. The maximum absolute atomic E-state index is 13.0. The molecule has 0 fully saturated rings. The van der Waals surface area contributed by atoms with Gasteiger partial charge in [0.15, 0.2) is 0 Å². The van der Waals surface area contributed by atoms with E-state index in [-0.39, 0.29) is 16.8 Å². The number of hydrogen-bond acceptors (Lipinski definition) is 3. The van der Waals surface area contributed by atoms with Gasteiger partial charge in [0.05, 0.1) is 0 Å². The minimum Gasteiger partial charge on any atom is -0.398 e. The Morgan fingerprint density at radius 2 is 2.21 bits per heavy atom. The number of nitrogen functional groups attached to an aromatic ring is 1. The van der Waals surface area contributed by atoms with E-state index in [1.54, 1.807) is 0 Å². The number of amides is 1. The van der Waals surface area contributed by atoms with Crippen LogP contribution in [-0.2, 0) is 4.74 Å². The second-order valence-electron chi connectivity index (χ2n) is 2.76. The fraction of sp³-hybridized carbons (Fsp3) is 0.222. The molecule has 1 aromatic rings. The van der Waals surface area contributed by atoms with Gasteiger partial charge in [-0.3, -0.25) is 4.79 Å². The number of primary amides is 1. The molecule has 0 aromatic heterocycles. The zero-order chi connectivity index (χ0) is 10.7. The van der Waals surface area contributed by atoms with Gasteiger partial charge in [0.25, 0.3) is 0 Å². The summed E-state index contributed by atoms with van der Waals surface area (Å²) in [6, 6.07) is 4.10. The normalized spacial score (nSPS) is 12.4. The Balaban J connectivity index is 3.07. The number of benzene rings is 1. The topological polar surface area (TPSA) is 78.3 Å². The van der Waals surface area contributed by atoms with E-state index in [4.69, 9.17) is 11.5 Å². The van der Waals surface area contributed by atoms with Gasteiger partial charge in [-0.25, -0.2) is 4.39 Å². The molecular formula is C9H11FN2O2. The fourth-order valence-electron chi connectivity index (χ4n) is 1.06. The quantitative estimate of drug-likeness (QED) is 0.710. The van der Waals surface area contributed by atoms with Crippen molar-refractivity contribution in [2.75, 3.05) is 12.8 Å². The van der Waals surface area contributed by atoms with Crippen LogP contribution in [0.3, 0.4) is 0 Å². The third-order valence-corrected chi connectivity index (χ3v) is 1.82. The van der Waals surface area contributed by atoms with Crippen LogP contribution in [0, 0.1) is 0 Å². The number of rotatable bonds is 3. The Hall–Kier alpha value is -1.62. The van der Waals surface area contributed by atoms with Gasteiger partial charge >= 0.3 is 0 Å². The highest BCUT2D eigenvalue weighted by Gasteiger charge is 2.13. The standard InChI is InChI=1S/C9H11FN2O2/c1-14-8(10)6-3-2-5(9(12)13)4-7(6)11/h2-4,8H,11H2,1H3,(H2,12,13). The van der Waals surface area contributed by atoms with Crippen molar-refractivity contribution in [2.24, 2.45) is 5.73 Å². The van der Waals surface area contributed by atoms with Gasteiger partial charge in [-0.05, 0) is 12.1 Å². The molecule has 0 aliphatic heterocycles. The van der Waals surface area contributed by atoms with Crippen molar-refractivity contribution >= 4 is 11.6 Å². The summed E-state index contributed by atoms with van der Waals surface area (Å²) >= 11 is 0. The molecule has 0 aliphatic carbocycles. The predicted molar refractivity (Wildman–Crippen MR) is 50.2 cm³/mol. The van der Waals surface area contributed by atoms with Crippen LogP contribution in [0.25, 0.3) is 0 Å². The molecule has 1 atom stereocenters. The number of methoxy groups -OCH3 is 1. The van der Waals surface area contributed by atoms with Gasteiger partial charge in [0.2, 0.25) is 12.3 Å². The summed E-state index contributed by atoms with van der Waals surface area (Å²) < 4.78 is 17.5. The Kier molecular flexibility index (Phi) is 3.03. The highest BCUT2D eigenvalue weighted by atomic mass is 19.1. The molecule has 1 aromatic carbocycles. The van der Waals surface area contributed by atoms with Crippen molar-refractivity contribution < 1.29 is 13.9 Å². The SMILES string of the molecule is COC(F)c1ccc(C(N)=O)cc1N. The van der Waals surface area contributed by atoms with Crippen LogP contribution in [0.2, 0.25) is 0 Å². The zero-order valence-corrected chi connectivity index (χ0v) is 7.66. The van der Waals surface area contributed by atoms with Crippen LogP contribution in [0.4, 0.5) is 10.1 Å². The minimum atomic E-state index is -1.59. The van der Waals surface area contributed by atoms with Gasteiger partial charge in [0.1, 0.15) is 0 Å². The molecule has 4 nitrogen and oxygen atoms in total. The lowest BCUT2D eigenvalue weighted by atomic mass is 10.1. The number of alkyl halides is 1. The first-order valence-corrected chi connectivity index (χ1v) is 3.92. The molecular weight excluding hydrogens is 187 g/mol. The van der Waals surface area contributed by atoms with E-state index in [0.29, 0.717) is 0 Å². The molecule has 1 amide bonds. The lowest BCUT2D eigenvalue weighted by Gasteiger charge is -2.09. The van der Waals surface area contributed by atoms with Crippen molar-refractivity contribution in [3.63, 3.8) is 0 Å². The van der Waals surface area contributed by atoms with E-state index < -0.39 is 12.3 Å². The van der Waals surface area contributed by atoms with Gasteiger partial charge in [-0.2, -0.15) is 0 Å². The third-order valence-electron chi connectivity index (χ3n) is 1.82. The van der Waals surface area contributed by atoms with E-state index in [0.717, 1.165) is 0 Å². The number of nitrogens with two attached hydrogens (primary N) is 2. The number of anilines is 1. The smallest absolute Gasteiger partial charge is 0.248 e. The van der Waals surface area contributed by atoms with Crippen LogP contribution in [-0.4, -0.2) is 13.0 Å². The molecule has 0 bridgehead atoms. The summed E-state index contributed by atoms with van der Waals surface area (Å²) in [6.45, 7) is 0. The first kappa shape index (κ1) is 10.5. The first-order chi connectivity index (χ1) is 6.56. The average Bonchev–Trinajstić information content (AvgIpc) is 2.16. The Labute approximate surface area is 80.6 Å². The Morgan fingerprint density at radius 1 is 1.57 bits per heavy atom. The number of carbonyl (C=O) groups is 1. The first-order valence-electron chi connectivity index (χ1n) is 3.92. The number of hydrogen-bond donors (Lipinski definition) is 2. The molecule has 0 spiro atoms. The van der Waals surface area contributed by atoms with E-state index >= 15 is 0 Å². The lowest BCUT2D eigenvalue weighted by Crippen LogP contribution is -2.12. The number of ether oxygens (including phenoxy) is 1. The molecule has 4 N–H and O–H groups in total. The fourth-order valence-corrected chi connectivity index (χ4v) is 1.06. The summed E-state index contributed by atoms with van der Waals surface area (Å²) in [6.07, 6.45) is -1.59. The maximum Gasteiger partial charge on any atom is 0.248 e. The lowest BCUT2D eigenvalue weighted by molar-refractivity contribution is -0.00603. The van der Waals surface area contributed by atoms with Crippen LogP contribution >= 0.6 is 0 Å². The summed E-state index contributed by atoms with van der Waals surface area (Å²) in [5.74, 6) is -0.601. The molecule has 1 rings (SSSR count). The molecule has 0 heterocycles. The maximum atomic E-state index is 13.0. The summed E-state index contributed by atoms with van der Waals surface area (Å²) in [5.41, 5.74) is 11.1. The molecule has 76 valence electrons. The monoisotopic (exact) mass is 198 g/mol. The van der Waals surface area contributed by atoms with Crippen molar-refractivity contribution in [3.8, 4) is 0 Å². The number of halogens is 1. The largest absolute Gasteiger partial charge is 0.398 e. The highest BCUT2D eigenvalue weighted by Crippen LogP contribution is 2.24. The highest BCUT2D eigenvalue weighted by molar-refractivity contribution is 5.93. The van der Waals surface area contributed by atoms with E-state index in [1.165, 1.54) is 25.3 Å². The van der Waals surface area contributed by atoms with Gasteiger partial charge < -0.3 is 16.2 Å². The van der Waals surface area contributed by atoms with Crippen molar-refractivity contribution in [3.05, 3.63) is 29.3 Å². The second kappa shape index (κ2) is 4.06. The van der Waals surface area contributed by atoms with Crippen LogP contribution < -0.4 is 11.5 Å². The molecule has 0 radical (unpaired) electrons. The van der Waals surface area contributed by atoms with Gasteiger partial charge in [-0.1, -0.05) is 6.07 Å². The molecule has 0 saturated heterocycles. The predicted octanol–water partition coefficient (Wildman–Crippen LogP) is 0.982. The molecule has 0 aliphatic rings. The number of carbonyl (C=O) groups excluding carboxylic acids is 1. The summed E-state index contributed by atoms with van der Waals surface area (Å²) in [5, 5.41) is 0. The minimum absolute atomic E-state index is 0.149. The van der Waals surface area contributed by atoms with Gasteiger partial charge in [-0.15, -0.1) is 0 Å². The zero-order valence-electron chi connectivity index (χ0n) is 7.66. The van der Waals surface area contributed by atoms with Crippen LogP contribution in [0.15, 0.2) is 18.2 Å². The van der Waals surface area contributed by atoms with Crippen molar-refractivity contribution in [1.82, 2.24) is 0 Å². The Bertz CT molecular complexity index is 355. The average molecular weight is 198 g/mol. The van der Waals surface area contributed by atoms with Crippen molar-refractivity contribution in [2.45, 2.75) is 6.36 Å². The molecule has 0 saturated carbocycles. The van der Waals surface area contributed by atoms with Crippen molar-refractivity contribution in [1.29, 1.82) is 0 Å². The second-order valence-corrected chi connectivity index (χ2v) is 2.76. The van der Waals surface area contributed by atoms with E-state index in [9.17, 15) is 9.18 Å².